The van der Waals surface area contributed by atoms with Crippen molar-refractivity contribution in [3.8, 4) is 0 Å². The van der Waals surface area contributed by atoms with Crippen molar-refractivity contribution < 1.29 is 0 Å². The maximum absolute atomic E-state index is 5.87. The summed E-state index contributed by atoms with van der Waals surface area (Å²) < 4.78 is 0. The number of aliphatic imine (C=N–C) groups is 1. The van der Waals surface area contributed by atoms with E-state index in [1.54, 1.807) is 19.5 Å². The number of aromatic nitrogens is 1. The summed E-state index contributed by atoms with van der Waals surface area (Å²) in [6.07, 6.45) is 5.02. The summed E-state index contributed by atoms with van der Waals surface area (Å²) in [6.45, 7) is 0. The first-order valence-corrected chi connectivity index (χ1v) is 5.52. The molecule has 0 aliphatic carbocycles. The summed E-state index contributed by atoms with van der Waals surface area (Å²) in [7, 11) is 1.71. The Kier molecular flexibility index (Phi) is 3.40. The van der Waals surface area contributed by atoms with E-state index >= 15 is 0 Å². The van der Waals surface area contributed by atoms with Crippen LogP contribution in [0.2, 0.25) is 5.15 Å². The number of nitrogens with two attached hydrogens (primary N) is 1. The largest absolute Gasteiger partial charge is 0.404 e. The van der Waals surface area contributed by atoms with Gasteiger partial charge in [0, 0.05) is 36.6 Å². The second kappa shape index (κ2) is 4.97. The zero-order valence-electron chi connectivity index (χ0n) is 9.39. The number of halogens is 1. The molecule has 0 radical (unpaired) electrons. The molecule has 86 valence electrons. The van der Waals surface area contributed by atoms with Crippen LogP contribution in [-0.4, -0.2) is 18.2 Å². The lowest BCUT2D eigenvalue weighted by molar-refractivity contribution is 1.36. The van der Waals surface area contributed by atoms with Crippen LogP contribution in [0, 0.1) is 0 Å². The summed E-state index contributed by atoms with van der Waals surface area (Å²) in [6, 6.07) is 7.82. The zero-order valence-corrected chi connectivity index (χ0v) is 10.1. The van der Waals surface area contributed by atoms with Gasteiger partial charge in [-0.3, -0.25) is 4.99 Å². The quantitative estimate of drug-likeness (QED) is 0.653. The van der Waals surface area contributed by atoms with Crippen molar-refractivity contribution in [1.29, 1.82) is 0 Å². The molecule has 1 aromatic heterocycles. The fraction of sp³-hybridized carbons (Fsp3) is 0.0769. The number of fused-ring (bicyclic) bond motifs is 1. The van der Waals surface area contributed by atoms with E-state index in [1.165, 1.54) is 6.20 Å². The van der Waals surface area contributed by atoms with Gasteiger partial charge in [-0.15, -0.1) is 0 Å². The van der Waals surface area contributed by atoms with Gasteiger partial charge in [-0.25, -0.2) is 4.98 Å². The van der Waals surface area contributed by atoms with E-state index in [9.17, 15) is 0 Å². The first kappa shape index (κ1) is 11.6. The molecule has 2 aromatic rings. The van der Waals surface area contributed by atoms with Crippen LogP contribution in [0.25, 0.3) is 16.3 Å². The van der Waals surface area contributed by atoms with Gasteiger partial charge in [0.1, 0.15) is 5.15 Å². The van der Waals surface area contributed by atoms with Crippen LogP contribution in [0.15, 0.2) is 41.7 Å². The molecule has 2 N–H and O–H groups in total. The van der Waals surface area contributed by atoms with Gasteiger partial charge in [-0.1, -0.05) is 23.7 Å². The second-order valence-electron chi connectivity index (χ2n) is 3.58. The summed E-state index contributed by atoms with van der Waals surface area (Å²) in [4.78, 5) is 8.01. The third-order valence-corrected chi connectivity index (χ3v) is 2.68. The van der Waals surface area contributed by atoms with Crippen molar-refractivity contribution in [2.45, 2.75) is 0 Å². The standard InChI is InChI=1S/C13H12ClN3/c1-16-7-12(6-15)9-2-3-10-8-17-13(14)5-11(10)4-9/h2-8H,15H2,1H3. The molecule has 17 heavy (non-hydrogen) atoms. The number of nitrogens with zero attached hydrogens (tertiary/aromatic N) is 2. The minimum absolute atomic E-state index is 0.483. The Hall–Kier alpha value is -1.87. The van der Waals surface area contributed by atoms with Crippen molar-refractivity contribution in [2.75, 3.05) is 7.05 Å². The van der Waals surface area contributed by atoms with Gasteiger partial charge < -0.3 is 5.73 Å². The van der Waals surface area contributed by atoms with E-state index < -0.39 is 0 Å². The number of hydrogen-bond donors (Lipinski definition) is 1. The van der Waals surface area contributed by atoms with E-state index in [0.717, 1.165) is 21.9 Å². The fourth-order valence-electron chi connectivity index (χ4n) is 1.65. The van der Waals surface area contributed by atoms with Crippen LogP contribution in [0.4, 0.5) is 0 Å². The van der Waals surface area contributed by atoms with Crippen LogP contribution < -0.4 is 5.73 Å². The number of hydrogen-bond acceptors (Lipinski definition) is 3. The smallest absolute Gasteiger partial charge is 0.129 e. The molecule has 3 nitrogen and oxygen atoms in total. The summed E-state index contributed by atoms with van der Waals surface area (Å²) in [5, 5.41) is 2.56. The van der Waals surface area contributed by atoms with Crippen LogP contribution in [0.1, 0.15) is 5.56 Å². The summed E-state index contributed by atoms with van der Waals surface area (Å²) >= 11 is 5.87. The molecule has 0 spiro atoms. The SMILES string of the molecule is CN=CC(=CN)c1ccc2cnc(Cl)cc2c1. The predicted molar refractivity (Wildman–Crippen MR) is 73.3 cm³/mol. The Morgan fingerprint density at radius 1 is 1.35 bits per heavy atom. The second-order valence-corrected chi connectivity index (χ2v) is 3.97. The van der Waals surface area contributed by atoms with Crippen molar-refractivity contribution in [3.63, 3.8) is 0 Å². The monoisotopic (exact) mass is 245 g/mol. The Morgan fingerprint density at radius 3 is 2.88 bits per heavy atom. The van der Waals surface area contributed by atoms with Gasteiger partial charge in [0.05, 0.1) is 0 Å². The van der Waals surface area contributed by atoms with Crippen LogP contribution in [0.3, 0.4) is 0 Å². The third kappa shape index (κ3) is 2.45. The van der Waals surface area contributed by atoms with Crippen molar-refractivity contribution >= 4 is 34.2 Å². The molecule has 1 heterocycles. The van der Waals surface area contributed by atoms with Gasteiger partial charge in [0.15, 0.2) is 0 Å². The van der Waals surface area contributed by atoms with Gasteiger partial charge in [-0.2, -0.15) is 0 Å². The number of rotatable bonds is 2. The van der Waals surface area contributed by atoms with Crippen LogP contribution in [-0.2, 0) is 0 Å². The lowest BCUT2D eigenvalue weighted by Crippen LogP contribution is -1.91. The maximum atomic E-state index is 5.87. The number of allylic oxidation sites excluding steroid dienone is 1. The highest BCUT2D eigenvalue weighted by molar-refractivity contribution is 6.30. The summed E-state index contributed by atoms with van der Waals surface area (Å²) in [5.74, 6) is 0. The molecule has 0 aliphatic heterocycles. The van der Waals surface area contributed by atoms with Gasteiger partial charge >= 0.3 is 0 Å². The number of benzene rings is 1. The first-order chi connectivity index (χ1) is 8.24. The van der Waals surface area contributed by atoms with Crippen molar-refractivity contribution in [1.82, 2.24) is 4.98 Å². The predicted octanol–water partition coefficient (Wildman–Crippen LogP) is 2.89. The van der Waals surface area contributed by atoms with Gasteiger partial charge in [-0.05, 0) is 23.1 Å². The average molecular weight is 246 g/mol. The molecule has 0 atom stereocenters. The molecule has 0 unspecified atom stereocenters. The molecule has 2 rings (SSSR count). The molecule has 0 fully saturated rings. The average Bonchev–Trinajstić information content (AvgIpc) is 2.35. The van der Waals surface area contributed by atoms with Crippen molar-refractivity contribution in [2.24, 2.45) is 10.7 Å². The highest BCUT2D eigenvalue weighted by atomic mass is 35.5. The van der Waals surface area contributed by atoms with Crippen LogP contribution in [0.5, 0.6) is 0 Å². The lowest BCUT2D eigenvalue weighted by atomic mass is 10.0. The molecule has 1 aromatic carbocycles. The first-order valence-electron chi connectivity index (χ1n) is 5.14. The lowest BCUT2D eigenvalue weighted by Gasteiger charge is -2.04. The fourth-order valence-corrected chi connectivity index (χ4v) is 1.81. The van der Waals surface area contributed by atoms with E-state index in [-0.39, 0.29) is 0 Å². The minimum Gasteiger partial charge on any atom is -0.404 e. The molecule has 4 heteroatoms. The molecule has 0 bridgehead atoms. The molecule has 0 aliphatic rings. The van der Waals surface area contributed by atoms with Gasteiger partial charge in [0.2, 0.25) is 0 Å². The summed E-state index contributed by atoms with van der Waals surface area (Å²) in [5.41, 5.74) is 7.46. The Morgan fingerprint density at radius 2 is 2.18 bits per heavy atom. The third-order valence-electron chi connectivity index (χ3n) is 2.47. The minimum atomic E-state index is 0.483. The van der Waals surface area contributed by atoms with E-state index in [0.29, 0.717) is 5.15 Å². The van der Waals surface area contributed by atoms with E-state index in [4.69, 9.17) is 17.3 Å². The van der Waals surface area contributed by atoms with E-state index in [2.05, 4.69) is 9.98 Å². The highest BCUT2D eigenvalue weighted by Crippen LogP contribution is 2.21. The number of pyridine rings is 1. The molecule has 0 saturated carbocycles. The van der Waals surface area contributed by atoms with E-state index in [1.807, 2.05) is 24.3 Å². The molecule has 0 amide bonds. The zero-order chi connectivity index (χ0) is 12.3. The highest BCUT2D eigenvalue weighted by Gasteiger charge is 2.01. The van der Waals surface area contributed by atoms with Gasteiger partial charge in [0.25, 0.3) is 0 Å². The normalized spacial score (nSPS) is 12.5. The molecular weight excluding hydrogens is 234 g/mol. The van der Waals surface area contributed by atoms with Crippen LogP contribution >= 0.6 is 11.6 Å². The molecular formula is C13H12ClN3. The topological polar surface area (TPSA) is 51.3 Å². The maximum Gasteiger partial charge on any atom is 0.129 e. The Labute approximate surface area is 105 Å². The molecule has 0 saturated heterocycles. The Bertz CT molecular complexity index is 603. The Balaban J connectivity index is 2.57. The van der Waals surface area contributed by atoms with Crippen molar-refractivity contribution in [3.05, 3.63) is 47.4 Å².